The third kappa shape index (κ3) is 3.16. The maximum absolute atomic E-state index is 5.72. The molecule has 2 aliphatic heterocycles. The summed E-state index contributed by atoms with van der Waals surface area (Å²) in [5, 5.41) is 3.34. The van der Waals surface area contributed by atoms with E-state index in [1.54, 1.807) is 0 Å². The fourth-order valence-electron chi connectivity index (χ4n) is 3.50. The maximum Gasteiger partial charge on any atom is 0.161 e. The van der Waals surface area contributed by atoms with Crippen molar-refractivity contribution in [2.45, 2.75) is 38.3 Å². The zero-order valence-electron chi connectivity index (χ0n) is 13.1. The second-order valence-corrected chi connectivity index (χ2v) is 6.02. The Balaban J connectivity index is 1.78. The summed E-state index contributed by atoms with van der Waals surface area (Å²) in [6.45, 7) is 5.85. The first-order valence-electron chi connectivity index (χ1n) is 8.09. The van der Waals surface area contributed by atoms with E-state index in [1.807, 2.05) is 7.05 Å². The van der Waals surface area contributed by atoms with Gasteiger partial charge in [0.1, 0.15) is 13.2 Å². The highest BCUT2D eigenvalue weighted by Crippen LogP contribution is 2.35. The third-order valence-electron chi connectivity index (χ3n) is 4.66. The predicted molar refractivity (Wildman–Crippen MR) is 84.1 cm³/mol. The average molecular weight is 290 g/mol. The van der Waals surface area contributed by atoms with E-state index in [-0.39, 0.29) is 0 Å². The maximum atomic E-state index is 5.72. The first-order valence-corrected chi connectivity index (χ1v) is 8.09. The first-order chi connectivity index (χ1) is 10.3. The molecule has 0 aliphatic carbocycles. The number of hydrogen-bond acceptors (Lipinski definition) is 4. The monoisotopic (exact) mass is 290 g/mol. The molecule has 2 atom stereocenters. The molecule has 4 heteroatoms. The van der Waals surface area contributed by atoms with Crippen LogP contribution in [0.3, 0.4) is 0 Å². The van der Waals surface area contributed by atoms with Crippen molar-refractivity contribution in [2.75, 3.05) is 33.4 Å². The van der Waals surface area contributed by atoms with Crippen LogP contribution in [0.25, 0.3) is 0 Å². The molecule has 0 bridgehead atoms. The highest BCUT2D eigenvalue weighted by atomic mass is 16.6. The van der Waals surface area contributed by atoms with Crippen LogP contribution in [0.5, 0.6) is 11.5 Å². The van der Waals surface area contributed by atoms with Gasteiger partial charge < -0.3 is 14.8 Å². The van der Waals surface area contributed by atoms with Gasteiger partial charge in [-0.1, -0.05) is 12.5 Å². The summed E-state index contributed by atoms with van der Waals surface area (Å²) in [4.78, 5) is 2.63. The molecule has 2 unspecified atom stereocenters. The summed E-state index contributed by atoms with van der Waals surface area (Å²) in [5.74, 6) is 1.77. The highest BCUT2D eigenvalue weighted by Gasteiger charge is 2.27. The molecule has 1 aromatic carbocycles. The number of hydrogen-bond donors (Lipinski definition) is 1. The second kappa shape index (κ2) is 6.67. The summed E-state index contributed by atoms with van der Waals surface area (Å²) in [6, 6.07) is 7.44. The minimum atomic E-state index is 0.416. The van der Waals surface area contributed by atoms with Gasteiger partial charge in [-0.2, -0.15) is 0 Å². The molecule has 4 nitrogen and oxygen atoms in total. The summed E-state index contributed by atoms with van der Waals surface area (Å²) in [6.07, 6.45) is 3.93. The Morgan fingerprint density at radius 3 is 2.86 bits per heavy atom. The van der Waals surface area contributed by atoms with Crippen molar-refractivity contribution in [1.29, 1.82) is 0 Å². The molecular formula is C17H26N2O2. The summed E-state index contributed by atoms with van der Waals surface area (Å²) in [7, 11) is 2.04. The van der Waals surface area contributed by atoms with Crippen LogP contribution in [0.15, 0.2) is 18.2 Å². The summed E-state index contributed by atoms with van der Waals surface area (Å²) < 4.78 is 11.3. The van der Waals surface area contributed by atoms with Crippen LogP contribution in [0.4, 0.5) is 0 Å². The minimum absolute atomic E-state index is 0.416. The highest BCUT2D eigenvalue weighted by molar-refractivity contribution is 5.44. The lowest BCUT2D eigenvalue weighted by molar-refractivity contribution is 0.103. The van der Waals surface area contributed by atoms with Gasteiger partial charge in [0.2, 0.25) is 0 Å². The smallest absolute Gasteiger partial charge is 0.161 e. The SMILES string of the molecule is CNCC1CCCCN1C(C)c1ccc2c(c1)OCCO2. The lowest BCUT2D eigenvalue weighted by atomic mass is 9.96. The van der Waals surface area contributed by atoms with Gasteiger partial charge in [0, 0.05) is 18.6 Å². The van der Waals surface area contributed by atoms with Gasteiger partial charge in [-0.05, 0) is 51.1 Å². The Morgan fingerprint density at radius 1 is 1.24 bits per heavy atom. The number of benzene rings is 1. The molecule has 0 radical (unpaired) electrons. The van der Waals surface area contributed by atoms with E-state index in [4.69, 9.17) is 9.47 Å². The van der Waals surface area contributed by atoms with Crippen molar-refractivity contribution < 1.29 is 9.47 Å². The van der Waals surface area contributed by atoms with Crippen LogP contribution < -0.4 is 14.8 Å². The van der Waals surface area contributed by atoms with Gasteiger partial charge in [0.25, 0.3) is 0 Å². The predicted octanol–water partition coefficient (Wildman–Crippen LogP) is 2.59. The molecule has 1 N–H and O–H groups in total. The molecule has 1 fully saturated rings. The minimum Gasteiger partial charge on any atom is -0.486 e. The van der Waals surface area contributed by atoms with Crippen LogP contribution in [0.1, 0.15) is 37.8 Å². The van der Waals surface area contributed by atoms with E-state index >= 15 is 0 Å². The zero-order chi connectivity index (χ0) is 14.7. The quantitative estimate of drug-likeness (QED) is 0.924. The Labute approximate surface area is 127 Å². The van der Waals surface area contributed by atoms with Crippen LogP contribution in [0.2, 0.25) is 0 Å². The van der Waals surface area contributed by atoms with Gasteiger partial charge in [0.15, 0.2) is 11.5 Å². The van der Waals surface area contributed by atoms with Crippen molar-refractivity contribution in [1.82, 2.24) is 10.2 Å². The molecule has 1 saturated heterocycles. The number of nitrogens with one attached hydrogen (secondary N) is 1. The Hall–Kier alpha value is -1.26. The molecule has 3 rings (SSSR count). The number of rotatable bonds is 4. The summed E-state index contributed by atoms with van der Waals surface area (Å²) in [5.41, 5.74) is 1.32. The molecule has 0 spiro atoms. The van der Waals surface area contributed by atoms with Gasteiger partial charge >= 0.3 is 0 Å². The van der Waals surface area contributed by atoms with Crippen molar-refractivity contribution in [2.24, 2.45) is 0 Å². The number of likely N-dealkylation sites (N-methyl/N-ethyl adjacent to an activating group) is 1. The number of nitrogens with zero attached hydrogens (tertiary/aromatic N) is 1. The Kier molecular flexibility index (Phi) is 4.66. The topological polar surface area (TPSA) is 33.7 Å². The van der Waals surface area contributed by atoms with Gasteiger partial charge in [-0.25, -0.2) is 0 Å². The standard InChI is InChI=1S/C17H26N2O2/c1-13(19-8-4-3-5-15(19)12-18-2)14-6-7-16-17(11-14)21-10-9-20-16/h6-7,11,13,15,18H,3-5,8-10,12H2,1-2H3. The van der Waals surface area contributed by atoms with E-state index < -0.39 is 0 Å². The fraction of sp³-hybridized carbons (Fsp3) is 0.647. The largest absolute Gasteiger partial charge is 0.486 e. The van der Waals surface area contributed by atoms with Gasteiger partial charge in [0.05, 0.1) is 0 Å². The van der Waals surface area contributed by atoms with Crippen LogP contribution in [0, 0.1) is 0 Å². The number of fused-ring (bicyclic) bond motifs is 1. The van der Waals surface area contributed by atoms with Gasteiger partial charge in [-0.3, -0.25) is 4.90 Å². The number of likely N-dealkylation sites (tertiary alicyclic amines) is 1. The van der Waals surface area contributed by atoms with E-state index in [0.29, 0.717) is 25.3 Å². The molecule has 0 saturated carbocycles. The third-order valence-corrected chi connectivity index (χ3v) is 4.66. The molecule has 21 heavy (non-hydrogen) atoms. The second-order valence-electron chi connectivity index (χ2n) is 6.02. The van der Waals surface area contributed by atoms with Crippen molar-refractivity contribution in [3.8, 4) is 11.5 Å². The van der Waals surface area contributed by atoms with E-state index in [9.17, 15) is 0 Å². The van der Waals surface area contributed by atoms with Crippen LogP contribution in [-0.2, 0) is 0 Å². The van der Waals surface area contributed by atoms with E-state index in [0.717, 1.165) is 18.0 Å². The first kappa shape index (κ1) is 14.7. The molecule has 1 aromatic rings. The zero-order valence-corrected chi connectivity index (χ0v) is 13.1. The number of piperidine rings is 1. The lowest BCUT2D eigenvalue weighted by Gasteiger charge is -2.40. The van der Waals surface area contributed by atoms with Crippen LogP contribution >= 0.6 is 0 Å². The van der Waals surface area contributed by atoms with Crippen LogP contribution in [-0.4, -0.2) is 44.3 Å². The van der Waals surface area contributed by atoms with Gasteiger partial charge in [-0.15, -0.1) is 0 Å². The van der Waals surface area contributed by atoms with Crippen molar-refractivity contribution in [3.05, 3.63) is 23.8 Å². The normalized spacial score (nSPS) is 23.8. The molecule has 116 valence electrons. The lowest BCUT2D eigenvalue weighted by Crippen LogP contribution is -2.45. The van der Waals surface area contributed by atoms with Crippen molar-refractivity contribution in [3.63, 3.8) is 0 Å². The summed E-state index contributed by atoms with van der Waals surface area (Å²) >= 11 is 0. The van der Waals surface area contributed by atoms with E-state index in [2.05, 4.69) is 35.3 Å². The molecule has 0 aromatic heterocycles. The molecule has 2 heterocycles. The van der Waals surface area contributed by atoms with Crippen molar-refractivity contribution >= 4 is 0 Å². The van der Waals surface area contributed by atoms with E-state index in [1.165, 1.54) is 31.4 Å². The average Bonchev–Trinajstić information content (AvgIpc) is 2.54. The molecule has 2 aliphatic rings. The molecule has 0 amide bonds. The Morgan fingerprint density at radius 2 is 2.05 bits per heavy atom. The number of ether oxygens (including phenoxy) is 2. The Bertz CT molecular complexity index is 476. The fourth-order valence-corrected chi connectivity index (χ4v) is 3.50. The molecular weight excluding hydrogens is 264 g/mol.